The number of nitrogens with one attached hydrogen (secondary N) is 1. The van der Waals surface area contributed by atoms with Crippen molar-refractivity contribution in [1.29, 1.82) is 0 Å². The van der Waals surface area contributed by atoms with Crippen LogP contribution in [0.5, 0.6) is 0 Å². The van der Waals surface area contributed by atoms with E-state index in [1.54, 1.807) is 24.3 Å². The van der Waals surface area contributed by atoms with E-state index in [4.69, 9.17) is 10.5 Å². The summed E-state index contributed by atoms with van der Waals surface area (Å²) < 4.78 is 25.3. The molecule has 5 N–H and O–H groups in total. The molecule has 2 atom stereocenters. The molecule has 0 bridgehead atoms. The predicted octanol–water partition coefficient (Wildman–Crippen LogP) is 5.35. The predicted molar refractivity (Wildman–Crippen MR) is 153 cm³/mol. The Hall–Kier alpha value is -1.58. The van der Waals surface area contributed by atoms with Gasteiger partial charge in [-0.25, -0.2) is 13.4 Å². The number of nitrogens with two attached hydrogens (primary N) is 2. The maximum atomic E-state index is 13.5. The molecule has 0 heterocycles. The zero-order chi connectivity index (χ0) is 27.4. The molecule has 35 heavy (non-hydrogen) atoms. The topological polar surface area (TPSA) is 79.8 Å². The highest BCUT2D eigenvalue weighted by Crippen LogP contribution is 2.34. The summed E-state index contributed by atoms with van der Waals surface area (Å²) in [5.41, 5.74) is 11.5. The van der Waals surface area contributed by atoms with Gasteiger partial charge in [-0.2, -0.15) is 0 Å². The third-order valence-electron chi connectivity index (χ3n) is 5.67. The average Bonchev–Trinajstić information content (AvgIpc) is 2.88. The van der Waals surface area contributed by atoms with Crippen LogP contribution in [0.25, 0.3) is 0 Å². The van der Waals surface area contributed by atoms with Crippen molar-refractivity contribution in [2.45, 2.75) is 64.5 Å². The highest BCUT2D eigenvalue weighted by Gasteiger charge is 2.26. The summed E-state index contributed by atoms with van der Waals surface area (Å²) in [5, 5.41) is 0. The van der Waals surface area contributed by atoms with Gasteiger partial charge in [0, 0.05) is 37.7 Å². The van der Waals surface area contributed by atoms with Gasteiger partial charge in [0.25, 0.3) is 0 Å². The minimum atomic E-state index is -0.147. The molecule has 1 saturated carbocycles. The number of ether oxygens (including phenoxy) is 1. The van der Waals surface area contributed by atoms with E-state index in [1.807, 2.05) is 50.3 Å². The Labute approximate surface area is 219 Å². The van der Waals surface area contributed by atoms with Crippen LogP contribution in [0, 0.1) is 11.7 Å². The molecule has 0 aromatic heterocycles. The smallest absolute Gasteiger partial charge is 0.123 e. The van der Waals surface area contributed by atoms with Gasteiger partial charge in [0.2, 0.25) is 0 Å². The second-order valence-corrected chi connectivity index (χ2v) is 9.45. The molecular weight excluding hydrogens is 461 g/mol. The van der Waals surface area contributed by atoms with Crippen molar-refractivity contribution in [2.75, 3.05) is 41.3 Å². The fourth-order valence-corrected chi connectivity index (χ4v) is 4.26. The molecule has 1 fully saturated rings. The van der Waals surface area contributed by atoms with Gasteiger partial charge in [0.1, 0.15) is 5.82 Å². The van der Waals surface area contributed by atoms with E-state index in [1.165, 1.54) is 13.1 Å². The van der Waals surface area contributed by atoms with Crippen LogP contribution in [0.4, 0.5) is 4.39 Å². The van der Waals surface area contributed by atoms with E-state index in [0.717, 1.165) is 37.8 Å². The molecule has 1 unspecified atom stereocenters. The molecule has 6 nitrogen and oxygen atoms in total. The molecule has 1 aromatic rings. The normalized spacial score (nSPS) is 18.5. The minimum Gasteiger partial charge on any atom is -0.386 e. The number of rotatable bonds is 11. The lowest BCUT2D eigenvalue weighted by molar-refractivity contribution is -0.00368. The van der Waals surface area contributed by atoms with Crippen LogP contribution < -0.4 is 16.2 Å². The Bertz CT molecular complexity index is 656. The Morgan fingerprint density at radius 1 is 1.17 bits per heavy atom. The van der Waals surface area contributed by atoms with Crippen molar-refractivity contribution >= 4 is 12.1 Å². The summed E-state index contributed by atoms with van der Waals surface area (Å²) in [6, 6.07) is 7.28. The standard InChI is InChI=1S/C22H37FN4OS.C2H6.C2H4.CH5N/c1-16(25-29-26(3)4)20(14-27(5)17(2)24)15-28-22-11-9-18(10-12-22)19-7-6-8-21(23)13-19;3*1-2/h6-8,13,16,18,20,22,25H,2,9-12,14-15,24H2,1,3-5H3;1-2H3;1-2H2;2H2,1H3/t16?,18?,20-,22?;;;/m0.../s1. The van der Waals surface area contributed by atoms with E-state index in [9.17, 15) is 4.39 Å². The molecule has 0 aliphatic heterocycles. The quantitative estimate of drug-likeness (QED) is 0.272. The molecule has 8 heteroatoms. The van der Waals surface area contributed by atoms with E-state index < -0.39 is 0 Å². The third-order valence-corrected chi connectivity index (χ3v) is 6.51. The van der Waals surface area contributed by atoms with Crippen molar-refractivity contribution in [2.24, 2.45) is 17.4 Å². The van der Waals surface area contributed by atoms with Crippen LogP contribution in [-0.2, 0) is 4.74 Å². The van der Waals surface area contributed by atoms with Crippen molar-refractivity contribution in [3.63, 3.8) is 0 Å². The number of halogens is 1. The lowest BCUT2D eigenvalue weighted by Gasteiger charge is -2.33. The molecule has 0 amide bonds. The summed E-state index contributed by atoms with van der Waals surface area (Å²) >= 11 is 1.59. The Morgan fingerprint density at radius 2 is 1.74 bits per heavy atom. The first-order chi connectivity index (χ1) is 16.8. The fourth-order valence-electron chi connectivity index (χ4n) is 3.69. The second-order valence-electron chi connectivity index (χ2n) is 8.30. The largest absolute Gasteiger partial charge is 0.386 e. The lowest BCUT2D eigenvalue weighted by Crippen LogP contribution is -2.42. The van der Waals surface area contributed by atoms with Crippen molar-refractivity contribution < 1.29 is 9.13 Å². The third kappa shape index (κ3) is 15.2. The molecule has 2 rings (SSSR count). The molecule has 0 saturated heterocycles. The molecule has 204 valence electrons. The van der Waals surface area contributed by atoms with Gasteiger partial charge in [0.15, 0.2) is 0 Å². The van der Waals surface area contributed by atoms with Gasteiger partial charge < -0.3 is 21.1 Å². The van der Waals surface area contributed by atoms with Crippen LogP contribution in [0.15, 0.2) is 49.8 Å². The van der Waals surface area contributed by atoms with E-state index in [-0.39, 0.29) is 23.9 Å². The van der Waals surface area contributed by atoms with Crippen molar-refractivity contribution in [3.8, 4) is 0 Å². The number of benzene rings is 1. The van der Waals surface area contributed by atoms with Gasteiger partial charge in [0.05, 0.1) is 18.5 Å². The van der Waals surface area contributed by atoms with Crippen LogP contribution >= 0.6 is 12.1 Å². The summed E-state index contributed by atoms with van der Waals surface area (Å²) in [5.74, 6) is 1.14. The van der Waals surface area contributed by atoms with E-state index >= 15 is 0 Å². The zero-order valence-electron chi connectivity index (χ0n) is 23.2. The summed E-state index contributed by atoms with van der Waals surface area (Å²) in [6.45, 7) is 17.5. The highest BCUT2D eigenvalue weighted by atomic mass is 32.2. The zero-order valence-corrected chi connectivity index (χ0v) is 24.0. The Balaban J connectivity index is 0. The van der Waals surface area contributed by atoms with Crippen LogP contribution in [-0.4, -0.2) is 62.7 Å². The lowest BCUT2D eigenvalue weighted by atomic mass is 9.82. The molecule has 1 aromatic carbocycles. The maximum Gasteiger partial charge on any atom is 0.123 e. The van der Waals surface area contributed by atoms with Gasteiger partial charge in [-0.1, -0.05) is 32.6 Å². The summed E-state index contributed by atoms with van der Waals surface area (Å²) in [7, 11) is 7.49. The first-order valence-electron chi connectivity index (χ1n) is 12.5. The minimum absolute atomic E-state index is 0.147. The first-order valence-corrected chi connectivity index (χ1v) is 13.2. The highest BCUT2D eigenvalue weighted by molar-refractivity contribution is 7.95. The van der Waals surface area contributed by atoms with Crippen molar-refractivity contribution in [3.05, 3.63) is 61.2 Å². The molecule has 1 aliphatic rings. The van der Waals surface area contributed by atoms with Crippen LogP contribution in [0.3, 0.4) is 0 Å². The molecule has 1 aliphatic carbocycles. The SMILES string of the molecule is C=C.C=C(N)N(C)C[C@@H](COC1CCC(c2cccc(F)c2)CC1)C(C)NSN(C)C.CC.CN. The Kier molecular flexibility index (Phi) is 22.0. The maximum absolute atomic E-state index is 13.5. The first kappa shape index (κ1) is 35.6. The Morgan fingerprint density at radius 3 is 2.23 bits per heavy atom. The molecular formula is C27H52FN5OS. The molecule has 0 spiro atoms. The van der Waals surface area contributed by atoms with Crippen molar-refractivity contribution in [1.82, 2.24) is 13.9 Å². The number of hydrogen-bond acceptors (Lipinski definition) is 7. The van der Waals surface area contributed by atoms with E-state index in [2.05, 4.69) is 37.1 Å². The van der Waals surface area contributed by atoms with E-state index in [0.29, 0.717) is 18.3 Å². The number of nitrogens with zero attached hydrogens (tertiary/aromatic N) is 2. The van der Waals surface area contributed by atoms with Gasteiger partial charge >= 0.3 is 0 Å². The summed E-state index contributed by atoms with van der Waals surface area (Å²) in [6.07, 6.45) is 4.39. The fraction of sp³-hybridized carbons (Fsp3) is 0.630. The van der Waals surface area contributed by atoms with Gasteiger partial charge in [-0.05, 0) is 77.4 Å². The van der Waals surface area contributed by atoms with Crippen LogP contribution in [0.1, 0.15) is 57.9 Å². The van der Waals surface area contributed by atoms with Crippen LogP contribution in [0.2, 0.25) is 0 Å². The van der Waals surface area contributed by atoms with Gasteiger partial charge in [-0.15, -0.1) is 13.2 Å². The monoisotopic (exact) mass is 513 g/mol. The summed E-state index contributed by atoms with van der Waals surface area (Å²) in [4.78, 5) is 1.98. The van der Waals surface area contributed by atoms with Gasteiger partial charge in [-0.3, -0.25) is 0 Å². The second kappa shape index (κ2) is 21.7. The average molecular weight is 514 g/mol. The number of hydrogen-bond donors (Lipinski definition) is 3. The molecule has 0 radical (unpaired) electrons.